The molecule has 0 aliphatic carbocycles. The van der Waals surface area contributed by atoms with Gasteiger partial charge in [-0.3, -0.25) is 0 Å². The topological polar surface area (TPSA) is 56.5 Å². The van der Waals surface area contributed by atoms with Crippen LogP contribution in [-0.2, 0) is 4.74 Å². The maximum absolute atomic E-state index is 9.89. The lowest BCUT2D eigenvalue weighted by atomic mass is 10.0. The fourth-order valence-corrected chi connectivity index (χ4v) is 2.61. The van der Waals surface area contributed by atoms with Crippen LogP contribution in [0.4, 0.5) is 5.69 Å². The van der Waals surface area contributed by atoms with E-state index in [-0.39, 0.29) is 12.2 Å². The number of aliphatic hydroxyl groups excluding tert-OH is 1. The zero-order chi connectivity index (χ0) is 14.0. The van der Waals surface area contributed by atoms with Crippen LogP contribution in [0.3, 0.4) is 0 Å². The number of anilines is 1. The Hall–Kier alpha value is -1.57. The molecular formula is C15H20N2O2. The number of nitriles is 1. The molecule has 1 aliphatic rings. The first kappa shape index (κ1) is 13.9. The molecule has 1 fully saturated rings. The van der Waals surface area contributed by atoms with E-state index in [1.165, 1.54) is 0 Å². The molecule has 102 valence electrons. The molecule has 0 saturated carbocycles. The van der Waals surface area contributed by atoms with E-state index in [2.05, 4.69) is 11.0 Å². The smallest absolute Gasteiger partial charge is 0.0992 e. The van der Waals surface area contributed by atoms with Crippen molar-refractivity contribution in [1.82, 2.24) is 0 Å². The second-order valence-electron chi connectivity index (χ2n) is 5.22. The van der Waals surface area contributed by atoms with Crippen LogP contribution in [0.5, 0.6) is 0 Å². The third-order valence-electron chi connectivity index (χ3n) is 3.37. The molecule has 0 bridgehead atoms. The van der Waals surface area contributed by atoms with Gasteiger partial charge < -0.3 is 14.7 Å². The Bertz CT molecular complexity index is 483. The van der Waals surface area contributed by atoms with Crippen LogP contribution >= 0.6 is 0 Å². The van der Waals surface area contributed by atoms with Crippen LogP contribution in [0.1, 0.15) is 38.0 Å². The second kappa shape index (κ2) is 5.60. The highest BCUT2D eigenvalue weighted by Crippen LogP contribution is 2.29. The molecule has 0 amide bonds. The predicted octanol–water partition coefficient (Wildman–Crippen LogP) is 2.23. The van der Waals surface area contributed by atoms with Crippen molar-refractivity contribution in [2.45, 2.75) is 39.1 Å². The summed E-state index contributed by atoms with van der Waals surface area (Å²) in [5, 5.41) is 18.9. The predicted molar refractivity (Wildman–Crippen MR) is 74.0 cm³/mol. The van der Waals surface area contributed by atoms with Gasteiger partial charge in [0.05, 0.1) is 29.9 Å². The number of hydrogen-bond acceptors (Lipinski definition) is 4. The van der Waals surface area contributed by atoms with Gasteiger partial charge in [0.15, 0.2) is 0 Å². The van der Waals surface area contributed by atoms with Crippen molar-refractivity contribution in [2.24, 2.45) is 0 Å². The Morgan fingerprint density at radius 2 is 2.00 bits per heavy atom. The van der Waals surface area contributed by atoms with Crippen LogP contribution in [0, 0.1) is 11.3 Å². The highest BCUT2D eigenvalue weighted by molar-refractivity contribution is 5.59. The zero-order valence-corrected chi connectivity index (χ0v) is 11.6. The molecule has 4 heteroatoms. The lowest BCUT2D eigenvalue weighted by Gasteiger charge is -2.38. The van der Waals surface area contributed by atoms with E-state index < -0.39 is 6.10 Å². The van der Waals surface area contributed by atoms with Gasteiger partial charge >= 0.3 is 0 Å². The van der Waals surface area contributed by atoms with Crippen molar-refractivity contribution in [3.05, 3.63) is 29.3 Å². The summed E-state index contributed by atoms with van der Waals surface area (Å²) in [7, 11) is 0. The number of hydrogen-bond donors (Lipinski definition) is 1. The van der Waals surface area contributed by atoms with Crippen molar-refractivity contribution >= 4 is 5.69 Å². The zero-order valence-electron chi connectivity index (χ0n) is 11.6. The summed E-state index contributed by atoms with van der Waals surface area (Å²) in [4.78, 5) is 2.20. The van der Waals surface area contributed by atoms with Gasteiger partial charge in [0.25, 0.3) is 0 Å². The Morgan fingerprint density at radius 1 is 1.37 bits per heavy atom. The van der Waals surface area contributed by atoms with E-state index in [0.29, 0.717) is 5.56 Å². The molecule has 19 heavy (non-hydrogen) atoms. The number of nitrogens with zero attached hydrogens (tertiary/aromatic N) is 2. The molecule has 4 nitrogen and oxygen atoms in total. The Labute approximate surface area is 114 Å². The van der Waals surface area contributed by atoms with Gasteiger partial charge in [0.1, 0.15) is 0 Å². The first-order chi connectivity index (χ1) is 9.01. The van der Waals surface area contributed by atoms with Crippen molar-refractivity contribution in [3.63, 3.8) is 0 Å². The molecule has 0 radical (unpaired) electrons. The molecule has 1 aromatic rings. The number of ether oxygens (including phenoxy) is 1. The van der Waals surface area contributed by atoms with Crippen LogP contribution in [0.25, 0.3) is 0 Å². The highest BCUT2D eigenvalue weighted by atomic mass is 16.5. The van der Waals surface area contributed by atoms with Crippen molar-refractivity contribution < 1.29 is 9.84 Å². The molecule has 1 heterocycles. The molecule has 0 aromatic heterocycles. The summed E-state index contributed by atoms with van der Waals surface area (Å²) in [5.41, 5.74) is 2.42. The summed E-state index contributed by atoms with van der Waals surface area (Å²) in [6, 6.07) is 7.59. The lowest BCUT2D eigenvalue weighted by molar-refractivity contribution is -0.00538. The monoisotopic (exact) mass is 260 g/mol. The molecule has 0 unspecified atom stereocenters. The summed E-state index contributed by atoms with van der Waals surface area (Å²) in [6.45, 7) is 7.38. The first-order valence-corrected chi connectivity index (χ1v) is 6.63. The van der Waals surface area contributed by atoms with Crippen molar-refractivity contribution in [3.8, 4) is 6.07 Å². The van der Waals surface area contributed by atoms with E-state index in [1.807, 2.05) is 26.0 Å². The molecule has 1 aromatic carbocycles. The van der Waals surface area contributed by atoms with E-state index in [4.69, 9.17) is 10.00 Å². The van der Waals surface area contributed by atoms with E-state index in [0.717, 1.165) is 24.3 Å². The number of benzene rings is 1. The SMILES string of the molecule is C[C@@H]1CN(c2cc(C#N)ccc2[C@H](C)O)C[C@H](C)O1. The van der Waals surface area contributed by atoms with Gasteiger partial charge in [-0.25, -0.2) is 0 Å². The molecule has 0 spiro atoms. The van der Waals surface area contributed by atoms with E-state index >= 15 is 0 Å². The first-order valence-electron chi connectivity index (χ1n) is 6.63. The van der Waals surface area contributed by atoms with Crippen LogP contribution in [0.2, 0.25) is 0 Å². The Morgan fingerprint density at radius 3 is 2.53 bits per heavy atom. The summed E-state index contributed by atoms with van der Waals surface area (Å²) in [5.74, 6) is 0. The largest absolute Gasteiger partial charge is 0.389 e. The third kappa shape index (κ3) is 3.06. The maximum Gasteiger partial charge on any atom is 0.0992 e. The quantitative estimate of drug-likeness (QED) is 0.886. The normalized spacial score (nSPS) is 24.9. The van der Waals surface area contributed by atoms with Crippen LogP contribution < -0.4 is 4.90 Å². The van der Waals surface area contributed by atoms with Gasteiger partial charge in [-0.15, -0.1) is 0 Å². The van der Waals surface area contributed by atoms with Gasteiger partial charge in [0.2, 0.25) is 0 Å². The third-order valence-corrected chi connectivity index (χ3v) is 3.37. The average Bonchev–Trinajstić information content (AvgIpc) is 2.36. The summed E-state index contributed by atoms with van der Waals surface area (Å²) >= 11 is 0. The van der Waals surface area contributed by atoms with Gasteiger partial charge in [-0.05, 0) is 32.9 Å². The second-order valence-corrected chi connectivity index (χ2v) is 5.22. The van der Waals surface area contributed by atoms with Crippen molar-refractivity contribution in [1.29, 1.82) is 5.26 Å². The van der Waals surface area contributed by atoms with Gasteiger partial charge in [-0.2, -0.15) is 5.26 Å². The number of morpholine rings is 1. The Kier molecular flexibility index (Phi) is 4.08. The molecule has 1 N–H and O–H groups in total. The standard InChI is InChI=1S/C15H20N2O2/c1-10-8-17(9-11(2)19-10)15-6-13(7-16)4-5-14(15)12(3)18/h4-6,10-12,18H,8-9H2,1-3H3/t10-,11+,12-/m0/s1. The molecule has 3 atom stereocenters. The lowest BCUT2D eigenvalue weighted by Crippen LogP contribution is -2.46. The highest BCUT2D eigenvalue weighted by Gasteiger charge is 2.25. The minimum absolute atomic E-state index is 0.149. The summed E-state index contributed by atoms with van der Waals surface area (Å²) in [6.07, 6.45) is -0.246. The summed E-state index contributed by atoms with van der Waals surface area (Å²) < 4.78 is 5.73. The molecule has 2 rings (SSSR count). The minimum Gasteiger partial charge on any atom is -0.389 e. The molecular weight excluding hydrogens is 240 g/mol. The Balaban J connectivity index is 2.38. The van der Waals surface area contributed by atoms with E-state index in [1.54, 1.807) is 13.0 Å². The van der Waals surface area contributed by atoms with Gasteiger partial charge in [-0.1, -0.05) is 6.07 Å². The maximum atomic E-state index is 9.89. The number of aliphatic hydroxyl groups is 1. The fourth-order valence-electron chi connectivity index (χ4n) is 2.61. The van der Waals surface area contributed by atoms with Gasteiger partial charge in [0, 0.05) is 24.3 Å². The van der Waals surface area contributed by atoms with Crippen LogP contribution in [-0.4, -0.2) is 30.4 Å². The average molecular weight is 260 g/mol. The van der Waals surface area contributed by atoms with Crippen molar-refractivity contribution in [2.75, 3.05) is 18.0 Å². The number of rotatable bonds is 2. The molecule has 1 saturated heterocycles. The van der Waals surface area contributed by atoms with E-state index in [9.17, 15) is 5.11 Å². The molecule has 1 aliphatic heterocycles. The fraction of sp³-hybridized carbons (Fsp3) is 0.533. The van der Waals surface area contributed by atoms with Crippen LogP contribution in [0.15, 0.2) is 18.2 Å². The minimum atomic E-state index is -0.545.